The zero-order valence-electron chi connectivity index (χ0n) is 14.4. The Morgan fingerprint density at radius 3 is 2.52 bits per heavy atom. The summed E-state index contributed by atoms with van der Waals surface area (Å²) in [5.74, 6) is 0.936. The van der Waals surface area contributed by atoms with Crippen molar-refractivity contribution in [3.8, 4) is 5.75 Å². The van der Waals surface area contributed by atoms with Crippen molar-refractivity contribution in [2.24, 2.45) is 0 Å². The summed E-state index contributed by atoms with van der Waals surface area (Å²) in [4.78, 5) is 2.53. The van der Waals surface area contributed by atoms with Crippen LogP contribution in [0.25, 0.3) is 0 Å². The first-order chi connectivity index (χ1) is 9.81. The van der Waals surface area contributed by atoms with Crippen molar-refractivity contribution in [1.29, 1.82) is 0 Å². The largest absolute Gasteiger partial charge is 0.495 e. The zero-order valence-corrected chi connectivity index (χ0v) is 14.4. The minimum Gasteiger partial charge on any atom is -0.495 e. The van der Waals surface area contributed by atoms with Gasteiger partial charge < -0.3 is 10.1 Å². The monoisotopic (exact) mass is 290 g/mol. The second-order valence-electron chi connectivity index (χ2n) is 7.38. The maximum Gasteiger partial charge on any atom is 0.141 e. The number of nitrogens with zero attached hydrogens (tertiary/aromatic N) is 1. The predicted octanol–water partition coefficient (Wildman–Crippen LogP) is 3.89. The lowest BCUT2D eigenvalue weighted by Gasteiger charge is -2.24. The summed E-state index contributed by atoms with van der Waals surface area (Å²) in [5.41, 5.74) is 2.62. The molecule has 3 nitrogen and oxygen atoms in total. The minimum atomic E-state index is 0.155. The Balaban J connectivity index is 2.15. The summed E-state index contributed by atoms with van der Waals surface area (Å²) in [6.45, 7) is 13.6. The topological polar surface area (TPSA) is 24.5 Å². The number of rotatable bonds is 4. The molecule has 1 atom stereocenters. The maximum absolute atomic E-state index is 5.52. The van der Waals surface area contributed by atoms with Crippen molar-refractivity contribution < 1.29 is 4.74 Å². The van der Waals surface area contributed by atoms with Crippen LogP contribution in [0.3, 0.4) is 0 Å². The summed E-state index contributed by atoms with van der Waals surface area (Å²) in [6.07, 6.45) is 1.20. The second kappa shape index (κ2) is 6.27. The van der Waals surface area contributed by atoms with Gasteiger partial charge in [-0.2, -0.15) is 0 Å². The number of hydrogen-bond donors (Lipinski definition) is 1. The van der Waals surface area contributed by atoms with Crippen LogP contribution in [0.1, 0.15) is 46.6 Å². The fourth-order valence-electron chi connectivity index (χ4n) is 2.88. The van der Waals surface area contributed by atoms with Crippen LogP contribution >= 0.6 is 0 Å². The molecule has 1 saturated heterocycles. The number of ether oxygens (including phenoxy) is 1. The predicted molar refractivity (Wildman–Crippen MR) is 90.4 cm³/mol. The molecule has 1 aliphatic heterocycles. The summed E-state index contributed by atoms with van der Waals surface area (Å²) >= 11 is 0. The standard InChI is InChI=1S/C18H30N2O/c1-13(2)20-10-9-15(12-20)19-16-11-14(18(3,4)5)7-8-17(16)21-6/h7-8,11,13,15,19H,9-10,12H2,1-6H3. The Morgan fingerprint density at radius 2 is 2.00 bits per heavy atom. The van der Waals surface area contributed by atoms with Crippen LogP contribution in [0.4, 0.5) is 5.69 Å². The number of hydrogen-bond acceptors (Lipinski definition) is 3. The van der Waals surface area contributed by atoms with Gasteiger partial charge in [0.2, 0.25) is 0 Å². The highest BCUT2D eigenvalue weighted by molar-refractivity contribution is 5.59. The third kappa shape index (κ3) is 3.91. The van der Waals surface area contributed by atoms with Crippen molar-refractivity contribution in [3.05, 3.63) is 23.8 Å². The van der Waals surface area contributed by atoms with Crippen molar-refractivity contribution in [2.45, 2.75) is 58.5 Å². The molecule has 3 heteroatoms. The lowest BCUT2D eigenvalue weighted by molar-refractivity contribution is 0.274. The van der Waals surface area contributed by atoms with Crippen molar-refractivity contribution in [2.75, 3.05) is 25.5 Å². The molecule has 1 N–H and O–H groups in total. The van der Waals surface area contributed by atoms with Gasteiger partial charge in [0.1, 0.15) is 5.75 Å². The molecule has 2 rings (SSSR count). The second-order valence-corrected chi connectivity index (χ2v) is 7.38. The highest BCUT2D eigenvalue weighted by Crippen LogP contribution is 2.32. The zero-order chi connectivity index (χ0) is 15.6. The minimum absolute atomic E-state index is 0.155. The first-order valence-corrected chi connectivity index (χ1v) is 8.00. The average molecular weight is 290 g/mol. The average Bonchev–Trinajstić information content (AvgIpc) is 2.86. The Bertz CT molecular complexity index is 477. The molecule has 0 aliphatic carbocycles. The van der Waals surface area contributed by atoms with Gasteiger partial charge in [0.05, 0.1) is 12.8 Å². The van der Waals surface area contributed by atoms with E-state index in [9.17, 15) is 0 Å². The van der Waals surface area contributed by atoms with E-state index < -0.39 is 0 Å². The van der Waals surface area contributed by atoms with Gasteiger partial charge in [0.15, 0.2) is 0 Å². The van der Waals surface area contributed by atoms with E-state index in [1.807, 2.05) is 0 Å². The van der Waals surface area contributed by atoms with Crippen LogP contribution in [0.2, 0.25) is 0 Å². The summed E-state index contributed by atoms with van der Waals surface area (Å²) in [7, 11) is 1.74. The first-order valence-electron chi connectivity index (χ1n) is 8.00. The van der Waals surface area contributed by atoms with Crippen LogP contribution < -0.4 is 10.1 Å². The summed E-state index contributed by atoms with van der Waals surface area (Å²) in [6, 6.07) is 7.63. The first kappa shape index (κ1) is 16.2. The fraction of sp³-hybridized carbons (Fsp3) is 0.667. The molecule has 1 aromatic carbocycles. The SMILES string of the molecule is COc1ccc(C(C)(C)C)cc1NC1CCN(C(C)C)C1. The Labute approximate surface area is 129 Å². The summed E-state index contributed by atoms with van der Waals surface area (Å²) in [5, 5.41) is 3.69. The number of nitrogens with one attached hydrogen (secondary N) is 1. The van der Waals surface area contributed by atoms with Crippen LogP contribution in [0, 0.1) is 0 Å². The molecule has 0 bridgehead atoms. The van der Waals surface area contributed by atoms with Crippen molar-refractivity contribution >= 4 is 5.69 Å². The van der Waals surface area contributed by atoms with Crippen LogP contribution in [-0.2, 0) is 5.41 Å². The Kier molecular flexibility index (Phi) is 4.82. The van der Waals surface area contributed by atoms with E-state index in [-0.39, 0.29) is 5.41 Å². The van der Waals surface area contributed by atoms with E-state index >= 15 is 0 Å². The van der Waals surface area contributed by atoms with Crippen LogP contribution in [-0.4, -0.2) is 37.2 Å². The van der Waals surface area contributed by atoms with Gasteiger partial charge in [0, 0.05) is 25.2 Å². The molecule has 1 fully saturated rings. The van der Waals surface area contributed by atoms with E-state index in [2.05, 4.69) is 63.0 Å². The Hall–Kier alpha value is -1.22. The quantitative estimate of drug-likeness (QED) is 0.910. The molecule has 118 valence electrons. The molecule has 0 amide bonds. The van der Waals surface area contributed by atoms with Gasteiger partial charge in [-0.1, -0.05) is 26.8 Å². The van der Waals surface area contributed by atoms with Gasteiger partial charge in [-0.05, 0) is 43.4 Å². The number of methoxy groups -OCH3 is 1. The number of anilines is 1. The van der Waals surface area contributed by atoms with Gasteiger partial charge in [-0.25, -0.2) is 0 Å². The molecule has 1 unspecified atom stereocenters. The highest BCUT2D eigenvalue weighted by atomic mass is 16.5. The third-order valence-electron chi connectivity index (χ3n) is 4.38. The molecular weight excluding hydrogens is 260 g/mol. The molecule has 1 aromatic rings. The molecule has 21 heavy (non-hydrogen) atoms. The van der Waals surface area contributed by atoms with Gasteiger partial charge >= 0.3 is 0 Å². The number of benzene rings is 1. The van der Waals surface area contributed by atoms with Gasteiger partial charge in [-0.15, -0.1) is 0 Å². The maximum atomic E-state index is 5.52. The molecule has 0 saturated carbocycles. The van der Waals surface area contributed by atoms with Crippen molar-refractivity contribution in [1.82, 2.24) is 4.90 Å². The smallest absolute Gasteiger partial charge is 0.141 e. The fourth-order valence-corrected chi connectivity index (χ4v) is 2.88. The van der Waals surface area contributed by atoms with E-state index in [0.717, 1.165) is 18.0 Å². The molecule has 1 heterocycles. The third-order valence-corrected chi connectivity index (χ3v) is 4.38. The van der Waals surface area contributed by atoms with E-state index in [1.54, 1.807) is 7.11 Å². The lowest BCUT2D eigenvalue weighted by Crippen LogP contribution is -2.31. The van der Waals surface area contributed by atoms with E-state index in [4.69, 9.17) is 4.74 Å². The molecule has 0 spiro atoms. The molecular formula is C18H30N2O. The normalized spacial score (nSPS) is 20.0. The highest BCUT2D eigenvalue weighted by Gasteiger charge is 2.25. The van der Waals surface area contributed by atoms with Gasteiger partial charge in [0.25, 0.3) is 0 Å². The van der Waals surface area contributed by atoms with E-state index in [0.29, 0.717) is 12.1 Å². The lowest BCUT2D eigenvalue weighted by atomic mass is 9.86. The van der Waals surface area contributed by atoms with Crippen LogP contribution in [0.15, 0.2) is 18.2 Å². The van der Waals surface area contributed by atoms with E-state index in [1.165, 1.54) is 18.5 Å². The molecule has 1 aliphatic rings. The van der Waals surface area contributed by atoms with Crippen molar-refractivity contribution in [3.63, 3.8) is 0 Å². The summed E-state index contributed by atoms with van der Waals surface area (Å²) < 4.78 is 5.52. The number of likely N-dealkylation sites (tertiary alicyclic amines) is 1. The Morgan fingerprint density at radius 1 is 1.29 bits per heavy atom. The molecule has 0 aromatic heterocycles. The molecule has 0 radical (unpaired) electrons. The van der Waals surface area contributed by atoms with Gasteiger partial charge in [-0.3, -0.25) is 4.90 Å². The van der Waals surface area contributed by atoms with Crippen LogP contribution in [0.5, 0.6) is 5.75 Å².